The molecule has 7 nitrogen and oxygen atoms in total. The number of ether oxygens (including phenoxy) is 1. The van der Waals surface area contributed by atoms with Gasteiger partial charge in [0.15, 0.2) is 0 Å². The van der Waals surface area contributed by atoms with Gasteiger partial charge in [0.1, 0.15) is 5.60 Å². The van der Waals surface area contributed by atoms with Gasteiger partial charge in [0.05, 0.1) is 6.42 Å². The Morgan fingerprint density at radius 2 is 1.73 bits per heavy atom. The number of anilines is 1. The highest BCUT2D eigenvalue weighted by atomic mass is 16.6. The van der Waals surface area contributed by atoms with Crippen LogP contribution in [0.3, 0.4) is 0 Å². The van der Waals surface area contributed by atoms with Crippen molar-refractivity contribution >= 4 is 17.7 Å². The number of carboxylic acids is 1. The molecule has 1 aliphatic heterocycles. The third kappa shape index (κ3) is 6.92. The summed E-state index contributed by atoms with van der Waals surface area (Å²) >= 11 is 0. The zero-order chi connectivity index (χ0) is 19.2. The van der Waals surface area contributed by atoms with Gasteiger partial charge in [0.25, 0.3) is 0 Å². The molecule has 1 saturated heterocycles. The maximum Gasteiger partial charge on any atom is 0.407 e. The Balaban J connectivity index is 1.77. The molecule has 26 heavy (non-hydrogen) atoms. The number of carbonyl (C=O) groups excluding carboxylic acids is 1. The summed E-state index contributed by atoms with van der Waals surface area (Å²) in [7, 11) is 0. The maximum absolute atomic E-state index is 11.7. The van der Waals surface area contributed by atoms with Crippen LogP contribution in [0.2, 0.25) is 0 Å². The summed E-state index contributed by atoms with van der Waals surface area (Å²) in [4.78, 5) is 26.8. The molecule has 1 amide bonds. The Bertz CT molecular complexity index is 602. The average molecular weight is 363 g/mol. The van der Waals surface area contributed by atoms with Gasteiger partial charge >= 0.3 is 12.1 Å². The zero-order valence-electron chi connectivity index (χ0n) is 15.8. The lowest BCUT2D eigenvalue weighted by Crippen LogP contribution is -2.46. The number of aliphatic carboxylic acids is 1. The van der Waals surface area contributed by atoms with Crippen molar-refractivity contribution in [1.82, 2.24) is 10.2 Å². The number of carboxylic acid groups (broad SMARTS) is 1. The molecule has 1 heterocycles. The van der Waals surface area contributed by atoms with Crippen LogP contribution in [0.1, 0.15) is 32.8 Å². The normalized spacial score (nSPS) is 15.6. The van der Waals surface area contributed by atoms with Crippen molar-refractivity contribution in [2.24, 2.45) is 0 Å². The Morgan fingerprint density at radius 1 is 1.12 bits per heavy atom. The molecule has 1 aromatic rings. The summed E-state index contributed by atoms with van der Waals surface area (Å²) < 4.78 is 5.22. The predicted octanol–water partition coefficient (Wildman–Crippen LogP) is 2.31. The van der Waals surface area contributed by atoms with Gasteiger partial charge in [-0.05, 0) is 38.5 Å². The number of nitrogens with one attached hydrogen (secondary N) is 1. The van der Waals surface area contributed by atoms with Gasteiger partial charge in [-0.2, -0.15) is 0 Å². The summed E-state index contributed by atoms with van der Waals surface area (Å²) in [5, 5.41) is 11.5. The van der Waals surface area contributed by atoms with Crippen LogP contribution < -0.4 is 10.2 Å². The second-order valence-electron chi connectivity index (χ2n) is 7.49. The summed E-state index contributed by atoms with van der Waals surface area (Å²) in [5.74, 6) is -0.747. The SMILES string of the molecule is CC(C)(C)OC(=O)NCc1ccc(N2CCN(CCC(=O)O)CC2)cc1. The lowest BCUT2D eigenvalue weighted by molar-refractivity contribution is -0.137. The number of hydrogen-bond acceptors (Lipinski definition) is 5. The van der Waals surface area contributed by atoms with Crippen molar-refractivity contribution in [2.45, 2.75) is 39.3 Å². The van der Waals surface area contributed by atoms with Crippen molar-refractivity contribution < 1.29 is 19.4 Å². The highest BCUT2D eigenvalue weighted by molar-refractivity contribution is 5.67. The van der Waals surface area contributed by atoms with Crippen LogP contribution >= 0.6 is 0 Å². The lowest BCUT2D eigenvalue weighted by atomic mass is 10.1. The van der Waals surface area contributed by atoms with Crippen LogP contribution in [-0.2, 0) is 16.1 Å². The Morgan fingerprint density at radius 3 is 2.27 bits per heavy atom. The Labute approximate surface area is 154 Å². The Kier molecular flexibility index (Phi) is 6.85. The molecule has 0 bridgehead atoms. The van der Waals surface area contributed by atoms with E-state index in [1.807, 2.05) is 32.9 Å². The first-order chi connectivity index (χ1) is 12.2. The van der Waals surface area contributed by atoms with Crippen LogP contribution in [-0.4, -0.2) is 60.4 Å². The third-order valence-electron chi connectivity index (χ3n) is 4.15. The number of carbonyl (C=O) groups is 2. The van der Waals surface area contributed by atoms with E-state index >= 15 is 0 Å². The number of nitrogens with zero attached hydrogens (tertiary/aromatic N) is 2. The van der Waals surface area contributed by atoms with E-state index in [4.69, 9.17) is 9.84 Å². The van der Waals surface area contributed by atoms with Crippen molar-refractivity contribution in [3.05, 3.63) is 29.8 Å². The summed E-state index contributed by atoms with van der Waals surface area (Å²) in [6, 6.07) is 8.12. The molecule has 2 rings (SSSR count). The van der Waals surface area contributed by atoms with Gasteiger partial charge in [-0.15, -0.1) is 0 Å². The number of rotatable bonds is 6. The molecule has 0 saturated carbocycles. The molecule has 0 atom stereocenters. The van der Waals surface area contributed by atoms with Crippen molar-refractivity contribution in [1.29, 1.82) is 0 Å². The number of amides is 1. The molecule has 0 radical (unpaired) electrons. The molecule has 1 aromatic carbocycles. The van der Waals surface area contributed by atoms with E-state index in [0.29, 0.717) is 13.1 Å². The third-order valence-corrected chi connectivity index (χ3v) is 4.15. The summed E-state index contributed by atoms with van der Waals surface area (Å²) in [6.45, 7) is 10.1. The van der Waals surface area contributed by atoms with Crippen LogP contribution in [0, 0.1) is 0 Å². The molecule has 7 heteroatoms. The molecule has 0 aromatic heterocycles. The molecule has 1 aliphatic rings. The monoisotopic (exact) mass is 363 g/mol. The average Bonchev–Trinajstić information content (AvgIpc) is 2.58. The zero-order valence-corrected chi connectivity index (χ0v) is 15.8. The van der Waals surface area contributed by atoms with Gasteiger partial charge in [-0.25, -0.2) is 4.79 Å². The highest BCUT2D eigenvalue weighted by Gasteiger charge is 2.18. The fourth-order valence-corrected chi connectivity index (χ4v) is 2.80. The van der Waals surface area contributed by atoms with Crippen molar-refractivity contribution in [2.75, 3.05) is 37.6 Å². The van der Waals surface area contributed by atoms with E-state index in [0.717, 1.165) is 37.4 Å². The van der Waals surface area contributed by atoms with Gasteiger partial charge in [-0.3, -0.25) is 9.69 Å². The molecule has 0 spiro atoms. The number of alkyl carbamates (subject to hydrolysis) is 1. The summed E-state index contributed by atoms with van der Waals surface area (Å²) in [5.41, 5.74) is 1.66. The van der Waals surface area contributed by atoms with Gasteiger partial charge in [-0.1, -0.05) is 12.1 Å². The van der Waals surface area contributed by atoms with Crippen LogP contribution in [0.4, 0.5) is 10.5 Å². The van der Waals surface area contributed by atoms with E-state index in [9.17, 15) is 9.59 Å². The standard InChI is InChI=1S/C19H29N3O4/c1-19(2,3)26-18(25)20-14-15-4-6-16(7-5-15)22-12-10-21(11-13-22)9-8-17(23)24/h4-7H,8-14H2,1-3H3,(H,20,25)(H,23,24). The maximum atomic E-state index is 11.7. The van der Waals surface area contributed by atoms with Gasteiger partial charge in [0, 0.05) is 45.0 Å². The first kappa shape index (κ1) is 20.0. The minimum atomic E-state index is -0.747. The van der Waals surface area contributed by atoms with Crippen molar-refractivity contribution in [3.8, 4) is 0 Å². The molecule has 0 unspecified atom stereocenters. The predicted molar refractivity (Wildman–Crippen MR) is 100 cm³/mol. The van der Waals surface area contributed by atoms with Gasteiger partial charge in [0.2, 0.25) is 0 Å². The van der Waals surface area contributed by atoms with E-state index in [1.165, 1.54) is 0 Å². The van der Waals surface area contributed by atoms with Crippen molar-refractivity contribution in [3.63, 3.8) is 0 Å². The molecule has 2 N–H and O–H groups in total. The van der Waals surface area contributed by atoms with Crippen LogP contribution in [0.15, 0.2) is 24.3 Å². The minimum absolute atomic E-state index is 0.194. The number of hydrogen-bond donors (Lipinski definition) is 2. The number of piperazine rings is 1. The Hall–Kier alpha value is -2.28. The van der Waals surface area contributed by atoms with Gasteiger partial charge < -0.3 is 20.1 Å². The highest BCUT2D eigenvalue weighted by Crippen LogP contribution is 2.17. The van der Waals surface area contributed by atoms with Crippen LogP contribution in [0.25, 0.3) is 0 Å². The second kappa shape index (κ2) is 8.89. The molecule has 0 aliphatic carbocycles. The smallest absolute Gasteiger partial charge is 0.407 e. The molecule has 1 fully saturated rings. The molecule has 144 valence electrons. The minimum Gasteiger partial charge on any atom is -0.481 e. The largest absolute Gasteiger partial charge is 0.481 e. The fourth-order valence-electron chi connectivity index (χ4n) is 2.80. The first-order valence-corrected chi connectivity index (χ1v) is 8.98. The van der Waals surface area contributed by atoms with Crippen LogP contribution in [0.5, 0.6) is 0 Å². The van der Waals surface area contributed by atoms with E-state index in [-0.39, 0.29) is 6.42 Å². The lowest BCUT2D eigenvalue weighted by Gasteiger charge is -2.36. The van der Waals surface area contributed by atoms with E-state index in [1.54, 1.807) is 0 Å². The topological polar surface area (TPSA) is 82.1 Å². The summed E-state index contributed by atoms with van der Waals surface area (Å²) in [6.07, 6.45) is -0.224. The second-order valence-corrected chi connectivity index (χ2v) is 7.49. The first-order valence-electron chi connectivity index (χ1n) is 8.98. The fraction of sp³-hybridized carbons (Fsp3) is 0.579. The van der Waals surface area contributed by atoms with E-state index < -0.39 is 17.7 Å². The quantitative estimate of drug-likeness (QED) is 0.807. The molecular weight excluding hydrogens is 334 g/mol. The van der Waals surface area contributed by atoms with E-state index in [2.05, 4.69) is 27.2 Å². The molecular formula is C19H29N3O4. The number of benzene rings is 1.